The van der Waals surface area contributed by atoms with Gasteiger partial charge in [-0.3, -0.25) is 9.47 Å². The molecule has 0 unspecified atom stereocenters. The third-order valence-corrected chi connectivity index (χ3v) is 6.73. The van der Waals surface area contributed by atoms with Crippen LogP contribution in [0.5, 0.6) is 0 Å². The van der Waals surface area contributed by atoms with Gasteiger partial charge in [0.2, 0.25) is 0 Å². The fraction of sp³-hybridized carbons (Fsp3) is 0.609. The first kappa shape index (κ1) is 20.5. The molecule has 1 amide bonds. The van der Waals surface area contributed by atoms with Crippen LogP contribution in [0.4, 0.5) is 10.6 Å². The summed E-state index contributed by atoms with van der Waals surface area (Å²) in [6.07, 6.45) is 11.2. The van der Waals surface area contributed by atoms with E-state index in [4.69, 9.17) is 4.74 Å². The van der Waals surface area contributed by atoms with Crippen LogP contribution in [0.3, 0.4) is 0 Å². The maximum atomic E-state index is 12.4. The number of ether oxygens (including phenoxy) is 1. The molecule has 166 valence electrons. The molecule has 3 aliphatic rings. The largest absolute Gasteiger partial charge is 0.379 e. The second kappa shape index (κ2) is 9.36. The second-order valence-electron chi connectivity index (χ2n) is 8.87. The van der Waals surface area contributed by atoms with E-state index in [1.807, 2.05) is 24.5 Å². The standard InChI is InChI=1S/C23H32N6O2/c30-23(25-9-5-18-3-4-18)29-16-21(26-17-29)20-2-1-8-24-22(20)28-10-6-19(7-11-28)27-12-14-31-15-13-27/h1-2,8,16-19H,3-7,9-15H2,(H,25,30). The first-order valence-electron chi connectivity index (χ1n) is 11.6. The minimum Gasteiger partial charge on any atom is -0.379 e. The van der Waals surface area contributed by atoms with E-state index in [0.29, 0.717) is 6.04 Å². The number of aromatic nitrogens is 3. The average Bonchev–Trinajstić information content (AvgIpc) is 3.52. The molecule has 2 aromatic heterocycles. The molecule has 0 bridgehead atoms. The molecule has 4 heterocycles. The Kier molecular flexibility index (Phi) is 6.18. The lowest BCUT2D eigenvalue weighted by Crippen LogP contribution is -2.49. The van der Waals surface area contributed by atoms with Gasteiger partial charge in [0.25, 0.3) is 0 Å². The molecule has 8 nitrogen and oxygen atoms in total. The number of morpholine rings is 1. The van der Waals surface area contributed by atoms with Crippen molar-refractivity contribution in [1.82, 2.24) is 24.8 Å². The normalized spacial score (nSPS) is 20.7. The Hall–Kier alpha value is -2.45. The number of hydrogen-bond donors (Lipinski definition) is 1. The van der Waals surface area contributed by atoms with E-state index in [9.17, 15) is 4.79 Å². The van der Waals surface area contributed by atoms with Crippen LogP contribution in [0.15, 0.2) is 30.9 Å². The smallest absolute Gasteiger partial charge is 0.326 e. The highest BCUT2D eigenvalue weighted by molar-refractivity contribution is 5.79. The van der Waals surface area contributed by atoms with Crippen molar-refractivity contribution >= 4 is 11.8 Å². The van der Waals surface area contributed by atoms with Gasteiger partial charge in [-0.1, -0.05) is 12.8 Å². The minimum atomic E-state index is -0.115. The lowest BCUT2D eigenvalue weighted by molar-refractivity contribution is 0.0115. The molecule has 2 saturated heterocycles. The van der Waals surface area contributed by atoms with Crippen LogP contribution in [0.2, 0.25) is 0 Å². The Balaban J connectivity index is 1.23. The van der Waals surface area contributed by atoms with Crippen LogP contribution >= 0.6 is 0 Å². The number of nitrogens with zero attached hydrogens (tertiary/aromatic N) is 5. The molecule has 2 aromatic rings. The van der Waals surface area contributed by atoms with Gasteiger partial charge in [0.1, 0.15) is 12.1 Å². The molecule has 31 heavy (non-hydrogen) atoms. The van der Waals surface area contributed by atoms with Gasteiger partial charge in [-0.2, -0.15) is 0 Å². The predicted octanol–water partition coefficient (Wildman–Crippen LogP) is 2.60. The van der Waals surface area contributed by atoms with E-state index in [2.05, 4.69) is 25.1 Å². The zero-order chi connectivity index (χ0) is 21.0. The number of hydrogen-bond acceptors (Lipinski definition) is 6. The van der Waals surface area contributed by atoms with Crippen molar-refractivity contribution in [3.63, 3.8) is 0 Å². The van der Waals surface area contributed by atoms with E-state index in [1.165, 1.54) is 12.8 Å². The summed E-state index contributed by atoms with van der Waals surface area (Å²) in [4.78, 5) is 26.6. The van der Waals surface area contributed by atoms with Gasteiger partial charge in [-0.05, 0) is 37.3 Å². The molecular formula is C23H32N6O2. The van der Waals surface area contributed by atoms with Crippen molar-refractivity contribution in [3.05, 3.63) is 30.9 Å². The van der Waals surface area contributed by atoms with Crippen LogP contribution in [-0.2, 0) is 4.74 Å². The number of piperidine rings is 1. The summed E-state index contributed by atoms with van der Waals surface area (Å²) >= 11 is 0. The van der Waals surface area contributed by atoms with Gasteiger partial charge in [-0.15, -0.1) is 0 Å². The maximum absolute atomic E-state index is 12.4. The molecule has 2 aliphatic heterocycles. The Morgan fingerprint density at radius 1 is 1.10 bits per heavy atom. The molecule has 0 spiro atoms. The van der Waals surface area contributed by atoms with Crippen molar-refractivity contribution in [3.8, 4) is 11.3 Å². The van der Waals surface area contributed by atoms with Gasteiger partial charge in [0.05, 0.1) is 18.9 Å². The molecule has 1 saturated carbocycles. The van der Waals surface area contributed by atoms with E-state index in [1.54, 1.807) is 10.9 Å². The number of nitrogens with one attached hydrogen (secondary N) is 1. The summed E-state index contributed by atoms with van der Waals surface area (Å²) in [6.45, 7) is 6.47. The first-order valence-corrected chi connectivity index (χ1v) is 11.6. The Morgan fingerprint density at radius 2 is 1.90 bits per heavy atom. The van der Waals surface area contributed by atoms with Crippen molar-refractivity contribution in [1.29, 1.82) is 0 Å². The Labute approximate surface area is 183 Å². The third kappa shape index (κ3) is 4.91. The topological polar surface area (TPSA) is 75.5 Å². The average molecular weight is 425 g/mol. The Bertz CT molecular complexity index is 882. The summed E-state index contributed by atoms with van der Waals surface area (Å²) < 4.78 is 7.05. The third-order valence-electron chi connectivity index (χ3n) is 6.73. The zero-order valence-electron chi connectivity index (χ0n) is 18.1. The van der Waals surface area contributed by atoms with E-state index in [-0.39, 0.29) is 6.03 Å². The van der Waals surface area contributed by atoms with E-state index in [0.717, 1.165) is 88.2 Å². The lowest BCUT2D eigenvalue weighted by Gasteiger charge is -2.40. The van der Waals surface area contributed by atoms with Crippen molar-refractivity contribution < 1.29 is 9.53 Å². The summed E-state index contributed by atoms with van der Waals surface area (Å²) in [5.74, 6) is 1.77. The highest BCUT2D eigenvalue weighted by Gasteiger charge is 2.27. The second-order valence-corrected chi connectivity index (χ2v) is 8.87. The van der Waals surface area contributed by atoms with E-state index >= 15 is 0 Å². The number of carbonyl (C=O) groups is 1. The molecule has 0 aromatic carbocycles. The molecule has 1 aliphatic carbocycles. The van der Waals surface area contributed by atoms with Crippen LogP contribution in [0.25, 0.3) is 11.3 Å². The summed E-state index contributed by atoms with van der Waals surface area (Å²) in [7, 11) is 0. The summed E-state index contributed by atoms with van der Waals surface area (Å²) in [6, 6.07) is 4.50. The quantitative estimate of drug-likeness (QED) is 0.768. The maximum Gasteiger partial charge on any atom is 0.326 e. The van der Waals surface area contributed by atoms with Gasteiger partial charge < -0.3 is 15.0 Å². The van der Waals surface area contributed by atoms with Gasteiger partial charge in [0.15, 0.2) is 0 Å². The van der Waals surface area contributed by atoms with Gasteiger partial charge in [0, 0.05) is 56.7 Å². The molecule has 8 heteroatoms. The summed E-state index contributed by atoms with van der Waals surface area (Å²) in [5, 5.41) is 2.99. The monoisotopic (exact) mass is 424 g/mol. The molecule has 0 atom stereocenters. The number of amides is 1. The molecule has 0 radical (unpaired) electrons. The highest BCUT2D eigenvalue weighted by Crippen LogP contribution is 2.32. The van der Waals surface area contributed by atoms with Gasteiger partial charge >= 0.3 is 6.03 Å². The molecule has 5 rings (SSSR count). The van der Waals surface area contributed by atoms with Crippen molar-refractivity contribution in [2.24, 2.45) is 5.92 Å². The first-order chi connectivity index (χ1) is 15.3. The highest BCUT2D eigenvalue weighted by atomic mass is 16.5. The Morgan fingerprint density at radius 3 is 2.68 bits per heavy atom. The zero-order valence-corrected chi connectivity index (χ0v) is 18.1. The summed E-state index contributed by atoms with van der Waals surface area (Å²) in [5.41, 5.74) is 1.77. The minimum absolute atomic E-state index is 0.115. The fourth-order valence-electron chi connectivity index (χ4n) is 4.69. The molecule has 3 fully saturated rings. The van der Waals surface area contributed by atoms with Crippen molar-refractivity contribution in [2.45, 2.75) is 38.1 Å². The lowest BCUT2D eigenvalue weighted by atomic mass is 10.0. The number of pyridine rings is 1. The van der Waals surface area contributed by atoms with Crippen molar-refractivity contribution in [2.75, 3.05) is 50.8 Å². The fourth-order valence-corrected chi connectivity index (χ4v) is 4.69. The number of imidazole rings is 1. The molecule has 1 N–H and O–H groups in total. The van der Waals surface area contributed by atoms with Gasteiger partial charge in [-0.25, -0.2) is 14.8 Å². The predicted molar refractivity (Wildman–Crippen MR) is 119 cm³/mol. The number of carbonyl (C=O) groups excluding carboxylic acids is 1. The van der Waals surface area contributed by atoms with E-state index < -0.39 is 0 Å². The van der Waals surface area contributed by atoms with Crippen LogP contribution in [-0.4, -0.2) is 77.4 Å². The van der Waals surface area contributed by atoms with Crippen LogP contribution < -0.4 is 10.2 Å². The SMILES string of the molecule is O=C(NCCC1CC1)n1cnc(-c2cccnc2N2CCC(N3CCOCC3)CC2)c1. The number of anilines is 1. The van der Waals surface area contributed by atoms with Crippen LogP contribution in [0, 0.1) is 5.92 Å². The van der Waals surface area contributed by atoms with Crippen LogP contribution in [0.1, 0.15) is 32.1 Å². The number of rotatable bonds is 6. The molecular weight excluding hydrogens is 392 g/mol.